The third-order valence-corrected chi connectivity index (χ3v) is 4.45. The number of carbonyl (C=O) groups excluding carboxylic acids is 1. The maximum absolute atomic E-state index is 11.9. The van der Waals surface area contributed by atoms with Crippen LogP contribution in [0.5, 0.6) is 0 Å². The zero-order valence-electron chi connectivity index (χ0n) is 16.3. The van der Waals surface area contributed by atoms with E-state index in [0.717, 1.165) is 38.7 Å². The Bertz CT molecular complexity index is 462. The molecule has 0 aromatic carbocycles. The lowest BCUT2D eigenvalue weighted by atomic mass is 10.1. The Hall–Kier alpha value is -1.39. The molecule has 0 radical (unpaired) electrons. The first kappa shape index (κ1) is 21.7. The molecule has 1 rings (SSSR count). The van der Waals surface area contributed by atoms with Gasteiger partial charge in [-0.25, -0.2) is 0 Å². The van der Waals surface area contributed by atoms with Gasteiger partial charge in [-0.3, -0.25) is 4.79 Å². The number of rotatable bonds is 11. The van der Waals surface area contributed by atoms with Gasteiger partial charge >= 0.3 is 0 Å². The first-order valence-electron chi connectivity index (χ1n) is 9.42. The highest BCUT2D eigenvalue weighted by molar-refractivity contribution is 5.76. The summed E-state index contributed by atoms with van der Waals surface area (Å²) < 4.78 is 11.3. The number of amides is 1. The van der Waals surface area contributed by atoms with Gasteiger partial charge in [-0.15, -0.1) is 6.58 Å². The van der Waals surface area contributed by atoms with Crippen LogP contribution in [0.3, 0.4) is 0 Å². The molecule has 0 bridgehead atoms. The van der Waals surface area contributed by atoms with Crippen LogP contribution < -0.4 is 0 Å². The summed E-state index contributed by atoms with van der Waals surface area (Å²) in [6, 6.07) is 0. The van der Waals surface area contributed by atoms with Gasteiger partial charge < -0.3 is 14.4 Å². The number of ether oxygens (including phenoxy) is 2. The molecule has 142 valence electrons. The third kappa shape index (κ3) is 10.3. The quantitative estimate of drug-likeness (QED) is 0.511. The number of hydrogen-bond acceptors (Lipinski definition) is 3. The molecule has 1 atom stereocenters. The van der Waals surface area contributed by atoms with Gasteiger partial charge in [-0.05, 0) is 52.4 Å². The van der Waals surface area contributed by atoms with Crippen LogP contribution in [-0.4, -0.2) is 43.9 Å². The fraction of sp³-hybridized carbons (Fsp3) is 0.667. The Morgan fingerprint density at radius 2 is 1.96 bits per heavy atom. The van der Waals surface area contributed by atoms with Crippen molar-refractivity contribution in [3.8, 4) is 0 Å². The molecule has 1 unspecified atom stereocenters. The summed E-state index contributed by atoms with van der Waals surface area (Å²) in [5.41, 5.74) is 2.61. The lowest BCUT2D eigenvalue weighted by Gasteiger charge is -2.22. The van der Waals surface area contributed by atoms with Crippen molar-refractivity contribution in [1.29, 1.82) is 0 Å². The summed E-state index contributed by atoms with van der Waals surface area (Å²) in [7, 11) is 1.82. The van der Waals surface area contributed by atoms with Gasteiger partial charge in [0.05, 0.1) is 6.61 Å². The molecule has 4 heteroatoms. The fourth-order valence-corrected chi connectivity index (χ4v) is 2.68. The molecule has 1 heterocycles. The summed E-state index contributed by atoms with van der Waals surface area (Å²) in [5, 5.41) is 0. The van der Waals surface area contributed by atoms with Crippen molar-refractivity contribution in [2.45, 2.75) is 65.1 Å². The second-order valence-corrected chi connectivity index (χ2v) is 6.83. The minimum absolute atomic E-state index is 0.0169. The van der Waals surface area contributed by atoms with E-state index in [-0.39, 0.29) is 12.2 Å². The van der Waals surface area contributed by atoms with E-state index in [4.69, 9.17) is 9.47 Å². The van der Waals surface area contributed by atoms with Gasteiger partial charge in [0.15, 0.2) is 6.29 Å². The van der Waals surface area contributed by atoms with E-state index in [9.17, 15) is 4.79 Å². The van der Waals surface area contributed by atoms with Gasteiger partial charge in [-0.1, -0.05) is 29.4 Å². The Morgan fingerprint density at radius 3 is 2.64 bits per heavy atom. The predicted octanol–water partition coefficient (Wildman–Crippen LogP) is 4.63. The van der Waals surface area contributed by atoms with Gasteiger partial charge in [0, 0.05) is 26.6 Å². The maximum Gasteiger partial charge on any atom is 0.222 e. The smallest absolute Gasteiger partial charge is 0.222 e. The number of hydrogen-bond donors (Lipinski definition) is 0. The minimum atomic E-state index is -0.0169. The molecule has 25 heavy (non-hydrogen) atoms. The van der Waals surface area contributed by atoms with Crippen molar-refractivity contribution < 1.29 is 14.3 Å². The average Bonchev–Trinajstić information content (AvgIpc) is 2.60. The molecule has 4 nitrogen and oxygen atoms in total. The number of carbonyl (C=O) groups is 1. The Morgan fingerprint density at radius 1 is 1.20 bits per heavy atom. The Kier molecular flexibility index (Phi) is 11.2. The van der Waals surface area contributed by atoms with Crippen LogP contribution in [0.15, 0.2) is 36.0 Å². The summed E-state index contributed by atoms with van der Waals surface area (Å²) in [5.74, 6) is 0.172. The third-order valence-electron chi connectivity index (χ3n) is 4.45. The van der Waals surface area contributed by atoms with Crippen LogP contribution in [0.2, 0.25) is 0 Å². The Labute approximate surface area is 153 Å². The molecule has 0 spiro atoms. The molecule has 1 aliphatic heterocycles. The molecular formula is C21H35NO3. The van der Waals surface area contributed by atoms with E-state index in [0.29, 0.717) is 19.6 Å². The summed E-state index contributed by atoms with van der Waals surface area (Å²) in [6.07, 6.45) is 12.9. The topological polar surface area (TPSA) is 38.8 Å². The van der Waals surface area contributed by atoms with Gasteiger partial charge in [-0.2, -0.15) is 0 Å². The second kappa shape index (κ2) is 12.9. The molecule has 1 fully saturated rings. The highest BCUT2D eigenvalue weighted by atomic mass is 16.7. The number of likely N-dealkylation sites (N-methyl/N-ethyl adjacent to an activating group) is 1. The zero-order chi connectivity index (χ0) is 18.5. The SMILES string of the molecule is C=CCN(C)C(=O)CC/C(C)=C/CC/C(C)=C/COC1CCCCO1. The van der Waals surface area contributed by atoms with Crippen LogP contribution in [0.4, 0.5) is 0 Å². The first-order chi connectivity index (χ1) is 12.0. The maximum atomic E-state index is 11.9. The van der Waals surface area contributed by atoms with Crippen molar-refractivity contribution in [2.75, 3.05) is 26.8 Å². The monoisotopic (exact) mass is 349 g/mol. The standard InChI is InChI=1S/C21H35NO3/c1-5-15-22(4)20(23)13-12-18(2)9-8-10-19(3)14-17-25-21-11-6-7-16-24-21/h5,9,14,21H,1,6-8,10-13,15-17H2,2-4H3/b18-9+,19-14+. The van der Waals surface area contributed by atoms with Crippen LogP contribution in [0.25, 0.3) is 0 Å². The normalized spacial score (nSPS) is 18.9. The second-order valence-electron chi connectivity index (χ2n) is 6.83. The van der Waals surface area contributed by atoms with Gasteiger partial charge in [0.25, 0.3) is 0 Å². The molecule has 0 aliphatic carbocycles. The highest BCUT2D eigenvalue weighted by Gasteiger charge is 2.12. The molecule has 1 amide bonds. The Balaban J connectivity index is 2.17. The summed E-state index contributed by atoms with van der Waals surface area (Å²) in [6.45, 7) is 9.96. The minimum Gasteiger partial charge on any atom is -0.353 e. The molecule has 0 aromatic rings. The average molecular weight is 350 g/mol. The number of nitrogens with zero attached hydrogens (tertiary/aromatic N) is 1. The van der Waals surface area contributed by atoms with Gasteiger partial charge in [0.2, 0.25) is 5.91 Å². The van der Waals surface area contributed by atoms with Crippen LogP contribution in [0.1, 0.15) is 58.8 Å². The molecule has 0 saturated carbocycles. The fourth-order valence-electron chi connectivity index (χ4n) is 2.68. The lowest BCUT2D eigenvalue weighted by Crippen LogP contribution is -2.26. The van der Waals surface area contributed by atoms with Crippen LogP contribution in [-0.2, 0) is 14.3 Å². The van der Waals surface area contributed by atoms with Crippen molar-refractivity contribution in [3.63, 3.8) is 0 Å². The van der Waals surface area contributed by atoms with Crippen molar-refractivity contribution in [2.24, 2.45) is 0 Å². The molecule has 1 saturated heterocycles. The molecule has 0 aromatic heterocycles. The predicted molar refractivity (Wildman–Crippen MR) is 103 cm³/mol. The van der Waals surface area contributed by atoms with E-state index in [1.165, 1.54) is 17.6 Å². The molecule has 0 N–H and O–H groups in total. The zero-order valence-corrected chi connectivity index (χ0v) is 16.3. The van der Waals surface area contributed by atoms with E-state index < -0.39 is 0 Å². The van der Waals surface area contributed by atoms with E-state index in [2.05, 4.69) is 32.6 Å². The van der Waals surface area contributed by atoms with Gasteiger partial charge in [0.1, 0.15) is 0 Å². The van der Waals surface area contributed by atoms with Crippen molar-refractivity contribution >= 4 is 5.91 Å². The van der Waals surface area contributed by atoms with Crippen LogP contribution in [0, 0.1) is 0 Å². The van der Waals surface area contributed by atoms with E-state index in [1.54, 1.807) is 11.0 Å². The van der Waals surface area contributed by atoms with Crippen molar-refractivity contribution in [3.05, 3.63) is 36.0 Å². The summed E-state index contributed by atoms with van der Waals surface area (Å²) >= 11 is 0. The largest absolute Gasteiger partial charge is 0.353 e. The van der Waals surface area contributed by atoms with Crippen LogP contribution >= 0.6 is 0 Å². The molecule has 1 aliphatic rings. The highest BCUT2D eigenvalue weighted by Crippen LogP contribution is 2.14. The molecular weight excluding hydrogens is 314 g/mol. The first-order valence-corrected chi connectivity index (χ1v) is 9.42. The number of allylic oxidation sites excluding steroid dienone is 3. The van der Waals surface area contributed by atoms with Crippen molar-refractivity contribution in [1.82, 2.24) is 4.90 Å². The lowest BCUT2D eigenvalue weighted by molar-refractivity contribution is -0.155. The van der Waals surface area contributed by atoms with E-state index in [1.807, 2.05) is 7.05 Å². The van der Waals surface area contributed by atoms with E-state index >= 15 is 0 Å². The summed E-state index contributed by atoms with van der Waals surface area (Å²) in [4.78, 5) is 13.6.